The van der Waals surface area contributed by atoms with Crippen molar-refractivity contribution in [2.75, 3.05) is 25.1 Å². The first-order valence-corrected chi connectivity index (χ1v) is 9.77. The summed E-state index contributed by atoms with van der Waals surface area (Å²) in [4.78, 5) is 19.8. The van der Waals surface area contributed by atoms with E-state index in [0.29, 0.717) is 24.6 Å². The molecule has 2 aromatic rings. The third kappa shape index (κ3) is 3.39. The third-order valence-corrected chi connectivity index (χ3v) is 5.31. The van der Waals surface area contributed by atoms with Gasteiger partial charge < -0.3 is 10.1 Å². The molecule has 1 atom stereocenters. The molecule has 0 saturated carbocycles. The monoisotopic (exact) mass is 393 g/mol. The molecule has 150 valence electrons. The summed E-state index contributed by atoms with van der Waals surface area (Å²) >= 11 is 0. The number of fused-ring (bicyclic) bond motifs is 1. The number of methoxy groups -OCH3 is 1. The lowest BCUT2D eigenvalue weighted by atomic mass is 9.92. The summed E-state index contributed by atoms with van der Waals surface area (Å²) in [5.41, 5.74) is 3.97. The van der Waals surface area contributed by atoms with Gasteiger partial charge in [-0.15, -0.1) is 0 Å². The summed E-state index contributed by atoms with van der Waals surface area (Å²) in [6, 6.07) is 13.3. The van der Waals surface area contributed by atoms with E-state index in [9.17, 15) is 9.18 Å². The number of halogens is 1. The van der Waals surface area contributed by atoms with Crippen molar-refractivity contribution in [3.63, 3.8) is 0 Å². The second-order valence-electron chi connectivity index (χ2n) is 7.47. The Kier molecular flexibility index (Phi) is 5.09. The Morgan fingerprint density at radius 2 is 1.83 bits per heavy atom. The van der Waals surface area contributed by atoms with Gasteiger partial charge in [0.2, 0.25) is 0 Å². The Morgan fingerprint density at radius 1 is 1.14 bits per heavy atom. The van der Waals surface area contributed by atoms with E-state index in [0.717, 1.165) is 22.5 Å². The number of rotatable bonds is 4. The minimum Gasteiger partial charge on any atom is -0.497 e. The number of carbonyl (C=O) groups excluding carboxylic acids is 1. The first-order valence-electron chi connectivity index (χ1n) is 9.77. The van der Waals surface area contributed by atoms with Gasteiger partial charge in [-0.2, -0.15) is 0 Å². The molecule has 0 bridgehead atoms. The van der Waals surface area contributed by atoms with Crippen molar-refractivity contribution in [1.82, 2.24) is 5.32 Å². The minimum atomic E-state index is -0.377. The molecule has 0 spiro atoms. The Morgan fingerprint density at radius 3 is 2.45 bits per heavy atom. The number of ether oxygens (including phenoxy) is 1. The predicted octanol–water partition coefficient (Wildman–Crippen LogP) is 3.88. The third-order valence-electron chi connectivity index (χ3n) is 5.31. The fourth-order valence-electron chi connectivity index (χ4n) is 3.97. The fourth-order valence-corrected chi connectivity index (χ4v) is 3.97. The number of nitrogens with zero attached hydrogens (tertiary/aromatic N) is 2. The van der Waals surface area contributed by atoms with Crippen molar-refractivity contribution >= 4 is 17.3 Å². The van der Waals surface area contributed by atoms with Gasteiger partial charge in [0, 0.05) is 23.5 Å². The van der Waals surface area contributed by atoms with Gasteiger partial charge in [0.1, 0.15) is 17.3 Å². The average Bonchev–Trinajstić information content (AvgIpc) is 2.87. The van der Waals surface area contributed by atoms with E-state index in [4.69, 9.17) is 4.74 Å². The molecule has 2 aromatic carbocycles. The number of carbonyl (C=O) groups is 1. The van der Waals surface area contributed by atoms with Crippen LogP contribution in [0.25, 0.3) is 0 Å². The molecule has 5 nitrogen and oxygen atoms in total. The van der Waals surface area contributed by atoms with Crippen LogP contribution in [-0.4, -0.2) is 31.8 Å². The molecule has 1 saturated heterocycles. The van der Waals surface area contributed by atoms with E-state index in [2.05, 4.69) is 24.2 Å². The van der Waals surface area contributed by atoms with Crippen molar-refractivity contribution in [1.29, 1.82) is 0 Å². The number of hydrogen-bond acceptors (Lipinski definition) is 4. The van der Waals surface area contributed by atoms with Gasteiger partial charge >= 0.3 is 0 Å². The maximum atomic E-state index is 13.6. The van der Waals surface area contributed by atoms with Crippen molar-refractivity contribution in [2.45, 2.75) is 19.9 Å². The molecule has 2 aliphatic rings. The maximum absolute atomic E-state index is 13.6. The van der Waals surface area contributed by atoms with Crippen LogP contribution in [0.4, 0.5) is 10.1 Å². The number of benzene rings is 2. The largest absolute Gasteiger partial charge is 0.497 e. The molecule has 4 rings (SSSR count). The van der Waals surface area contributed by atoms with Crippen molar-refractivity contribution in [3.05, 3.63) is 71.2 Å². The Balaban J connectivity index is 1.93. The van der Waals surface area contributed by atoms with Gasteiger partial charge in [0.25, 0.3) is 5.91 Å². The summed E-state index contributed by atoms with van der Waals surface area (Å²) < 4.78 is 18.9. The number of nitrogens with one attached hydrogen (secondary N) is 1. The van der Waals surface area contributed by atoms with Gasteiger partial charge in [0.15, 0.2) is 0 Å². The van der Waals surface area contributed by atoms with Crippen LogP contribution in [0.15, 0.2) is 64.8 Å². The van der Waals surface area contributed by atoms with Crippen LogP contribution in [-0.2, 0) is 4.79 Å². The SMILES string of the molecule is COc1ccc(N2C(=O)C3=NCCNC(C(C)C)=C3C2c2ccc(F)cc2)cc1. The Labute approximate surface area is 169 Å². The summed E-state index contributed by atoms with van der Waals surface area (Å²) in [6.07, 6.45) is 0. The van der Waals surface area contributed by atoms with E-state index in [1.165, 1.54) is 12.1 Å². The molecule has 1 fully saturated rings. The first-order chi connectivity index (χ1) is 14.0. The first kappa shape index (κ1) is 19.2. The highest BCUT2D eigenvalue weighted by molar-refractivity contribution is 6.53. The highest BCUT2D eigenvalue weighted by Crippen LogP contribution is 2.42. The summed E-state index contributed by atoms with van der Waals surface area (Å²) in [6.45, 7) is 5.42. The van der Waals surface area contributed by atoms with Crippen LogP contribution in [0.1, 0.15) is 25.5 Å². The van der Waals surface area contributed by atoms with Crippen molar-refractivity contribution < 1.29 is 13.9 Å². The predicted molar refractivity (Wildman–Crippen MR) is 112 cm³/mol. The normalized spacial score (nSPS) is 19.1. The van der Waals surface area contributed by atoms with Crippen LogP contribution >= 0.6 is 0 Å². The quantitative estimate of drug-likeness (QED) is 0.858. The molecule has 0 radical (unpaired) electrons. The lowest BCUT2D eigenvalue weighted by Gasteiger charge is -2.27. The maximum Gasteiger partial charge on any atom is 0.277 e. The Bertz CT molecular complexity index is 978. The van der Waals surface area contributed by atoms with Crippen LogP contribution in [0.2, 0.25) is 0 Å². The molecular formula is C23H24FN3O2. The molecule has 1 unspecified atom stereocenters. The standard InChI is InChI=1S/C23H24FN3O2/c1-14(2)20-19-21(26-13-12-25-20)23(28)27(17-8-10-18(29-3)11-9-17)22(19)15-4-6-16(24)7-5-15/h4-11,14,22,25H,12-13H2,1-3H3. The number of anilines is 1. The summed E-state index contributed by atoms with van der Waals surface area (Å²) in [5, 5.41) is 3.47. The molecule has 1 amide bonds. The molecule has 2 aliphatic heterocycles. The molecule has 6 heteroatoms. The van der Waals surface area contributed by atoms with Crippen molar-refractivity contribution in [3.8, 4) is 5.75 Å². The highest BCUT2D eigenvalue weighted by atomic mass is 19.1. The average molecular weight is 393 g/mol. The zero-order chi connectivity index (χ0) is 20.5. The second-order valence-corrected chi connectivity index (χ2v) is 7.47. The lowest BCUT2D eigenvalue weighted by Crippen LogP contribution is -2.30. The molecular weight excluding hydrogens is 369 g/mol. The number of aliphatic imine (C=N–C) groups is 1. The van der Waals surface area contributed by atoms with Gasteiger partial charge in [-0.05, 0) is 47.9 Å². The zero-order valence-electron chi connectivity index (χ0n) is 16.8. The van der Waals surface area contributed by atoms with E-state index < -0.39 is 0 Å². The van der Waals surface area contributed by atoms with Gasteiger partial charge in [-0.25, -0.2) is 4.39 Å². The van der Waals surface area contributed by atoms with Crippen LogP contribution in [0.3, 0.4) is 0 Å². The number of allylic oxidation sites excluding steroid dienone is 1. The van der Waals surface area contributed by atoms with Crippen LogP contribution in [0, 0.1) is 11.7 Å². The molecule has 1 N–H and O–H groups in total. The lowest BCUT2D eigenvalue weighted by molar-refractivity contribution is -0.112. The fraction of sp³-hybridized carbons (Fsp3) is 0.304. The number of hydrogen-bond donors (Lipinski definition) is 1. The minimum absolute atomic E-state index is 0.138. The van der Waals surface area contributed by atoms with E-state index >= 15 is 0 Å². The van der Waals surface area contributed by atoms with E-state index in [1.54, 1.807) is 24.1 Å². The van der Waals surface area contributed by atoms with Crippen molar-refractivity contribution in [2.24, 2.45) is 10.9 Å². The second kappa shape index (κ2) is 7.70. The summed E-state index contributed by atoms with van der Waals surface area (Å²) in [5.74, 6) is 0.468. The van der Waals surface area contributed by atoms with E-state index in [-0.39, 0.29) is 23.7 Å². The summed E-state index contributed by atoms with van der Waals surface area (Å²) in [7, 11) is 1.61. The van der Waals surface area contributed by atoms with Crippen LogP contribution in [0.5, 0.6) is 5.75 Å². The molecule has 2 heterocycles. The Hall–Kier alpha value is -3.15. The smallest absolute Gasteiger partial charge is 0.277 e. The highest BCUT2D eigenvalue weighted by Gasteiger charge is 2.45. The zero-order valence-corrected chi connectivity index (χ0v) is 16.8. The molecule has 0 aliphatic carbocycles. The van der Waals surface area contributed by atoms with Crippen LogP contribution < -0.4 is 15.0 Å². The molecule has 29 heavy (non-hydrogen) atoms. The van der Waals surface area contributed by atoms with Gasteiger partial charge in [-0.1, -0.05) is 26.0 Å². The van der Waals surface area contributed by atoms with Gasteiger partial charge in [-0.3, -0.25) is 14.7 Å². The topological polar surface area (TPSA) is 53.9 Å². The van der Waals surface area contributed by atoms with Gasteiger partial charge in [0.05, 0.1) is 19.7 Å². The van der Waals surface area contributed by atoms with E-state index in [1.807, 2.05) is 24.3 Å². The molecule has 0 aromatic heterocycles. The number of amides is 1.